The van der Waals surface area contributed by atoms with Crippen molar-refractivity contribution in [1.82, 2.24) is 10.3 Å². The lowest BCUT2D eigenvalue weighted by molar-refractivity contribution is -0.116. The lowest BCUT2D eigenvalue weighted by atomic mass is 9.77. The van der Waals surface area contributed by atoms with E-state index < -0.39 is 0 Å². The highest BCUT2D eigenvalue weighted by molar-refractivity contribution is 5.88. The molecule has 4 heteroatoms. The van der Waals surface area contributed by atoms with Gasteiger partial charge >= 0.3 is 0 Å². The first-order valence-corrected chi connectivity index (χ1v) is 7.48. The number of nitrogens with zero attached hydrogens (tertiary/aromatic N) is 1. The van der Waals surface area contributed by atoms with Crippen molar-refractivity contribution in [3.63, 3.8) is 0 Å². The van der Waals surface area contributed by atoms with Gasteiger partial charge in [-0.05, 0) is 49.5 Å². The number of hydrogen-bond donors (Lipinski definition) is 1. The molecule has 1 N–H and O–H groups in total. The molecule has 0 radical (unpaired) electrons. The first kappa shape index (κ1) is 13.9. The molecule has 1 aliphatic heterocycles. The van der Waals surface area contributed by atoms with Gasteiger partial charge in [0.15, 0.2) is 0 Å². The van der Waals surface area contributed by atoms with Gasteiger partial charge in [-0.3, -0.25) is 9.78 Å². The zero-order valence-corrected chi connectivity index (χ0v) is 12.3. The summed E-state index contributed by atoms with van der Waals surface area (Å²) in [4.78, 5) is 15.6. The minimum atomic E-state index is -0.293. The van der Waals surface area contributed by atoms with Gasteiger partial charge in [-0.2, -0.15) is 0 Å². The van der Waals surface area contributed by atoms with Crippen LogP contribution in [0.15, 0.2) is 36.2 Å². The Kier molecular flexibility index (Phi) is 3.78. The highest BCUT2D eigenvalue weighted by Crippen LogP contribution is 2.44. The minimum Gasteiger partial charge on any atom is -0.480 e. The van der Waals surface area contributed by atoms with Crippen LogP contribution in [0.25, 0.3) is 6.08 Å². The molecular formula is C17H20N2O2. The Morgan fingerprint density at radius 3 is 2.95 bits per heavy atom. The summed E-state index contributed by atoms with van der Waals surface area (Å²) in [5.41, 5.74) is 1.82. The van der Waals surface area contributed by atoms with E-state index in [2.05, 4.69) is 16.4 Å². The molecular weight excluding hydrogens is 264 g/mol. The fraction of sp³-hybridized carbons (Fsp3) is 0.412. The number of ether oxygens (including phenoxy) is 1. The molecule has 0 aromatic carbocycles. The molecule has 1 aromatic rings. The van der Waals surface area contributed by atoms with Crippen LogP contribution in [-0.2, 0) is 4.79 Å². The van der Waals surface area contributed by atoms with E-state index in [1.165, 1.54) is 6.42 Å². The maximum absolute atomic E-state index is 11.5. The lowest BCUT2D eigenvalue weighted by Crippen LogP contribution is -2.41. The van der Waals surface area contributed by atoms with E-state index in [9.17, 15) is 4.79 Å². The summed E-state index contributed by atoms with van der Waals surface area (Å²) in [5.74, 6) is 0.749. The highest BCUT2D eigenvalue weighted by Gasteiger charge is 2.39. The molecule has 110 valence electrons. The van der Waals surface area contributed by atoms with Crippen LogP contribution in [0, 0.1) is 0 Å². The Bertz CT molecular complexity index is 599. The smallest absolute Gasteiger partial charge is 0.243 e. The van der Waals surface area contributed by atoms with E-state index in [0.717, 1.165) is 42.6 Å². The molecule has 1 aromatic heterocycles. The van der Waals surface area contributed by atoms with Crippen LogP contribution in [0.2, 0.25) is 0 Å². The summed E-state index contributed by atoms with van der Waals surface area (Å²) in [5, 5.41) is 2.61. The number of aromatic nitrogens is 1. The van der Waals surface area contributed by atoms with Crippen molar-refractivity contribution in [2.45, 2.75) is 37.7 Å². The van der Waals surface area contributed by atoms with E-state index in [4.69, 9.17) is 4.74 Å². The number of rotatable bonds is 2. The van der Waals surface area contributed by atoms with Crippen molar-refractivity contribution in [3.05, 3.63) is 41.7 Å². The van der Waals surface area contributed by atoms with E-state index >= 15 is 0 Å². The van der Waals surface area contributed by atoms with Gasteiger partial charge in [0, 0.05) is 24.9 Å². The predicted octanol–water partition coefficient (Wildman–Crippen LogP) is 2.86. The van der Waals surface area contributed by atoms with Gasteiger partial charge in [0.25, 0.3) is 0 Å². The number of fused-ring (bicyclic) bond motifs is 1. The molecule has 0 bridgehead atoms. The molecule has 1 aliphatic carbocycles. The van der Waals surface area contributed by atoms with Gasteiger partial charge in [-0.1, -0.05) is 6.42 Å². The molecule has 1 spiro atoms. The molecule has 4 nitrogen and oxygen atoms in total. The quantitative estimate of drug-likeness (QED) is 0.850. The summed E-state index contributed by atoms with van der Waals surface area (Å²) in [6.45, 7) is 0. The second-order valence-electron chi connectivity index (χ2n) is 5.62. The number of likely N-dealkylation sites (N-methyl/N-ethyl adjacent to an activating group) is 1. The molecule has 2 aliphatic rings. The summed E-state index contributed by atoms with van der Waals surface area (Å²) < 4.78 is 6.33. The average molecular weight is 284 g/mol. The van der Waals surface area contributed by atoms with E-state index in [1.807, 2.05) is 12.1 Å². The molecule has 1 amide bonds. The van der Waals surface area contributed by atoms with Gasteiger partial charge < -0.3 is 10.1 Å². The number of amides is 1. The van der Waals surface area contributed by atoms with Crippen LogP contribution in [-0.4, -0.2) is 23.5 Å². The number of carbonyl (C=O) groups excluding carboxylic acids is 1. The standard InChI is InChI=1S/C17H20N2O2/c1-18-16(20)6-5-14-11-13-7-10-19-12-15(13)21-17(14)8-3-2-4-9-17/h5-7,10-12H,2-4,8-9H2,1H3,(H,18,20)/b6-5+. The topological polar surface area (TPSA) is 51.2 Å². The second-order valence-corrected chi connectivity index (χ2v) is 5.62. The fourth-order valence-electron chi connectivity index (χ4n) is 3.13. The number of carbonyl (C=O) groups is 1. The summed E-state index contributed by atoms with van der Waals surface area (Å²) in [6, 6.07) is 1.94. The van der Waals surface area contributed by atoms with Crippen molar-refractivity contribution >= 4 is 12.0 Å². The van der Waals surface area contributed by atoms with E-state index in [0.29, 0.717) is 0 Å². The summed E-state index contributed by atoms with van der Waals surface area (Å²) >= 11 is 0. The first-order valence-electron chi connectivity index (χ1n) is 7.48. The zero-order valence-electron chi connectivity index (χ0n) is 12.3. The van der Waals surface area contributed by atoms with Crippen molar-refractivity contribution in [1.29, 1.82) is 0 Å². The van der Waals surface area contributed by atoms with Crippen molar-refractivity contribution < 1.29 is 9.53 Å². The van der Waals surface area contributed by atoms with Crippen LogP contribution >= 0.6 is 0 Å². The molecule has 0 saturated heterocycles. The first-order chi connectivity index (χ1) is 10.2. The largest absolute Gasteiger partial charge is 0.480 e. The predicted molar refractivity (Wildman–Crippen MR) is 81.9 cm³/mol. The average Bonchev–Trinajstić information content (AvgIpc) is 2.53. The van der Waals surface area contributed by atoms with Crippen molar-refractivity contribution in [2.24, 2.45) is 0 Å². The monoisotopic (exact) mass is 284 g/mol. The Morgan fingerprint density at radius 1 is 1.38 bits per heavy atom. The van der Waals surface area contributed by atoms with E-state index in [1.54, 1.807) is 25.5 Å². The third kappa shape index (κ3) is 2.71. The van der Waals surface area contributed by atoms with Gasteiger partial charge in [0.1, 0.15) is 11.4 Å². The maximum atomic E-state index is 11.5. The fourth-order valence-corrected chi connectivity index (χ4v) is 3.13. The van der Waals surface area contributed by atoms with Gasteiger partial charge in [0.05, 0.1) is 6.20 Å². The SMILES string of the molecule is CNC(=O)/C=C/C1=Cc2ccncc2OC12CCCCC2. The van der Waals surface area contributed by atoms with Gasteiger partial charge in [-0.25, -0.2) is 0 Å². The Balaban J connectivity index is 1.99. The van der Waals surface area contributed by atoms with Crippen LogP contribution in [0.4, 0.5) is 0 Å². The molecule has 1 fully saturated rings. The second kappa shape index (κ2) is 5.72. The Labute approximate surface area is 124 Å². The van der Waals surface area contributed by atoms with Crippen LogP contribution < -0.4 is 10.1 Å². The highest BCUT2D eigenvalue weighted by atomic mass is 16.5. The number of hydrogen-bond acceptors (Lipinski definition) is 3. The molecule has 1 saturated carbocycles. The molecule has 21 heavy (non-hydrogen) atoms. The molecule has 3 rings (SSSR count). The lowest BCUT2D eigenvalue weighted by Gasteiger charge is -2.41. The van der Waals surface area contributed by atoms with Crippen molar-refractivity contribution in [3.8, 4) is 5.75 Å². The van der Waals surface area contributed by atoms with Crippen LogP contribution in [0.1, 0.15) is 37.7 Å². The van der Waals surface area contributed by atoms with Crippen molar-refractivity contribution in [2.75, 3.05) is 7.05 Å². The zero-order chi connectivity index (χ0) is 14.7. The number of nitrogens with one attached hydrogen (secondary N) is 1. The third-order valence-corrected chi connectivity index (χ3v) is 4.28. The minimum absolute atomic E-state index is 0.0950. The third-order valence-electron chi connectivity index (χ3n) is 4.28. The normalized spacial score (nSPS) is 19.8. The Morgan fingerprint density at radius 2 is 2.19 bits per heavy atom. The number of pyridine rings is 1. The van der Waals surface area contributed by atoms with Crippen LogP contribution in [0.5, 0.6) is 5.75 Å². The van der Waals surface area contributed by atoms with E-state index in [-0.39, 0.29) is 11.5 Å². The summed E-state index contributed by atoms with van der Waals surface area (Å²) in [7, 11) is 1.63. The van der Waals surface area contributed by atoms with Crippen LogP contribution in [0.3, 0.4) is 0 Å². The molecule has 0 unspecified atom stereocenters. The van der Waals surface area contributed by atoms with Gasteiger partial charge in [-0.15, -0.1) is 0 Å². The summed E-state index contributed by atoms with van der Waals surface area (Å²) in [6.07, 6.45) is 14.7. The molecule has 2 heterocycles. The molecule has 0 atom stereocenters. The maximum Gasteiger partial charge on any atom is 0.243 e. The Hall–Kier alpha value is -2.10. The van der Waals surface area contributed by atoms with Gasteiger partial charge in [0.2, 0.25) is 5.91 Å².